The van der Waals surface area contributed by atoms with Gasteiger partial charge in [-0.25, -0.2) is 4.98 Å². The maximum atomic E-state index is 4.64. The highest BCUT2D eigenvalue weighted by atomic mass is 15.1. The van der Waals surface area contributed by atoms with Gasteiger partial charge in [0.05, 0.1) is 11.0 Å². The van der Waals surface area contributed by atoms with Gasteiger partial charge in [-0.05, 0) is 26.1 Å². The van der Waals surface area contributed by atoms with Crippen molar-refractivity contribution in [3.8, 4) is 0 Å². The van der Waals surface area contributed by atoms with E-state index < -0.39 is 0 Å². The normalized spacial score (nSPS) is 11.1. The summed E-state index contributed by atoms with van der Waals surface area (Å²) < 4.78 is 2.28. The molecule has 1 aromatic carbocycles. The minimum atomic E-state index is 0.976. The van der Waals surface area contributed by atoms with Crippen LogP contribution < -0.4 is 5.32 Å². The van der Waals surface area contributed by atoms with E-state index in [1.165, 1.54) is 11.3 Å². The fourth-order valence-corrected chi connectivity index (χ4v) is 1.91. The van der Waals surface area contributed by atoms with Crippen LogP contribution in [-0.2, 0) is 13.0 Å². The second-order valence-corrected chi connectivity index (χ2v) is 3.61. The molecule has 80 valence electrons. The molecule has 0 atom stereocenters. The van der Waals surface area contributed by atoms with Crippen LogP contribution in [0.2, 0.25) is 0 Å². The SMILES string of the molecule is CCn1c(CCNC)nc2ccccc21. The number of hydrogen-bond donors (Lipinski definition) is 1. The number of aromatic nitrogens is 2. The fraction of sp³-hybridized carbons (Fsp3) is 0.417. The molecule has 2 aromatic rings. The number of likely N-dealkylation sites (N-methyl/N-ethyl adjacent to an activating group) is 1. The number of benzene rings is 1. The van der Waals surface area contributed by atoms with Gasteiger partial charge in [0.15, 0.2) is 0 Å². The van der Waals surface area contributed by atoms with Crippen LogP contribution in [0.25, 0.3) is 11.0 Å². The molecule has 0 spiro atoms. The van der Waals surface area contributed by atoms with E-state index in [1.54, 1.807) is 0 Å². The molecule has 0 radical (unpaired) electrons. The fourth-order valence-electron chi connectivity index (χ4n) is 1.91. The van der Waals surface area contributed by atoms with E-state index >= 15 is 0 Å². The van der Waals surface area contributed by atoms with Crippen molar-refractivity contribution in [3.63, 3.8) is 0 Å². The van der Waals surface area contributed by atoms with Crippen molar-refractivity contribution in [2.24, 2.45) is 0 Å². The lowest BCUT2D eigenvalue weighted by Crippen LogP contribution is -2.13. The van der Waals surface area contributed by atoms with Crippen LogP contribution in [0, 0.1) is 0 Å². The second kappa shape index (κ2) is 4.45. The molecule has 0 saturated carbocycles. The molecule has 1 aromatic heterocycles. The molecule has 2 rings (SSSR count). The molecule has 0 aliphatic carbocycles. The summed E-state index contributed by atoms with van der Waals surface area (Å²) in [5.74, 6) is 1.17. The molecule has 0 saturated heterocycles. The van der Waals surface area contributed by atoms with Gasteiger partial charge in [-0.3, -0.25) is 0 Å². The number of imidazole rings is 1. The van der Waals surface area contributed by atoms with Crippen molar-refractivity contribution in [3.05, 3.63) is 30.1 Å². The van der Waals surface area contributed by atoms with Crippen molar-refractivity contribution in [1.82, 2.24) is 14.9 Å². The first-order chi connectivity index (χ1) is 7.36. The first-order valence-corrected chi connectivity index (χ1v) is 5.45. The van der Waals surface area contributed by atoms with Crippen molar-refractivity contribution < 1.29 is 0 Å². The van der Waals surface area contributed by atoms with E-state index in [0.717, 1.165) is 25.0 Å². The molecule has 0 amide bonds. The molecule has 0 bridgehead atoms. The number of fused-ring (bicyclic) bond motifs is 1. The summed E-state index contributed by atoms with van der Waals surface area (Å²) >= 11 is 0. The molecule has 0 unspecified atom stereocenters. The van der Waals surface area contributed by atoms with Crippen LogP contribution in [0.4, 0.5) is 0 Å². The van der Waals surface area contributed by atoms with E-state index in [1.807, 2.05) is 13.1 Å². The number of nitrogens with zero attached hydrogens (tertiary/aromatic N) is 2. The minimum Gasteiger partial charge on any atom is -0.328 e. The first-order valence-electron chi connectivity index (χ1n) is 5.45. The average molecular weight is 203 g/mol. The minimum absolute atomic E-state index is 0.976. The van der Waals surface area contributed by atoms with Crippen molar-refractivity contribution in [2.75, 3.05) is 13.6 Å². The second-order valence-electron chi connectivity index (χ2n) is 3.61. The average Bonchev–Trinajstić information content (AvgIpc) is 2.63. The third-order valence-electron chi connectivity index (χ3n) is 2.65. The molecular formula is C12H17N3. The summed E-state index contributed by atoms with van der Waals surface area (Å²) in [4.78, 5) is 4.64. The maximum Gasteiger partial charge on any atom is 0.111 e. The zero-order valence-corrected chi connectivity index (χ0v) is 9.33. The quantitative estimate of drug-likeness (QED) is 0.821. The largest absolute Gasteiger partial charge is 0.328 e. The molecule has 3 heteroatoms. The molecule has 3 nitrogen and oxygen atoms in total. The van der Waals surface area contributed by atoms with Crippen LogP contribution in [0.15, 0.2) is 24.3 Å². The Kier molecular flexibility index (Phi) is 3.02. The summed E-state index contributed by atoms with van der Waals surface area (Å²) in [6.07, 6.45) is 0.985. The van der Waals surface area contributed by atoms with Gasteiger partial charge in [0, 0.05) is 19.5 Å². The Morgan fingerprint density at radius 2 is 2.13 bits per heavy atom. The first kappa shape index (κ1) is 10.2. The van der Waals surface area contributed by atoms with Gasteiger partial charge >= 0.3 is 0 Å². The Hall–Kier alpha value is -1.35. The van der Waals surface area contributed by atoms with E-state index in [-0.39, 0.29) is 0 Å². The van der Waals surface area contributed by atoms with Gasteiger partial charge in [0.1, 0.15) is 5.82 Å². The van der Waals surface area contributed by atoms with Crippen LogP contribution in [0.3, 0.4) is 0 Å². The highest BCUT2D eigenvalue weighted by Gasteiger charge is 2.07. The number of para-hydroxylation sites is 2. The molecule has 0 fully saturated rings. The van der Waals surface area contributed by atoms with Gasteiger partial charge in [-0.15, -0.1) is 0 Å². The lowest BCUT2D eigenvalue weighted by Gasteiger charge is -2.05. The lowest BCUT2D eigenvalue weighted by molar-refractivity contribution is 0.681. The topological polar surface area (TPSA) is 29.9 Å². The van der Waals surface area contributed by atoms with Crippen molar-refractivity contribution in [2.45, 2.75) is 19.9 Å². The summed E-state index contributed by atoms with van der Waals surface area (Å²) in [5, 5.41) is 3.16. The lowest BCUT2D eigenvalue weighted by atomic mass is 10.3. The predicted octanol–water partition coefficient (Wildman–Crippen LogP) is 1.82. The van der Waals surface area contributed by atoms with Crippen molar-refractivity contribution in [1.29, 1.82) is 0 Å². The van der Waals surface area contributed by atoms with E-state index in [2.05, 4.69) is 40.0 Å². The highest BCUT2D eigenvalue weighted by molar-refractivity contribution is 5.75. The Morgan fingerprint density at radius 3 is 2.87 bits per heavy atom. The molecule has 1 N–H and O–H groups in total. The third-order valence-corrected chi connectivity index (χ3v) is 2.65. The third kappa shape index (κ3) is 1.88. The van der Waals surface area contributed by atoms with Crippen LogP contribution in [0.1, 0.15) is 12.7 Å². The smallest absolute Gasteiger partial charge is 0.111 e. The number of nitrogens with one attached hydrogen (secondary N) is 1. The Morgan fingerprint density at radius 1 is 1.33 bits per heavy atom. The van der Waals surface area contributed by atoms with E-state index in [0.29, 0.717) is 0 Å². The number of aryl methyl sites for hydroxylation is 1. The van der Waals surface area contributed by atoms with Crippen LogP contribution in [-0.4, -0.2) is 23.1 Å². The summed E-state index contributed by atoms with van der Waals surface area (Å²) in [5.41, 5.74) is 2.34. The molecule has 15 heavy (non-hydrogen) atoms. The zero-order chi connectivity index (χ0) is 10.7. The van der Waals surface area contributed by atoms with Gasteiger partial charge < -0.3 is 9.88 Å². The summed E-state index contributed by atoms with van der Waals surface area (Å²) in [6, 6.07) is 8.31. The van der Waals surface area contributed by atoms with Crippen molar-refractivity contribution >= 4 is 11.0 Å². The number of hydrogen-bond acceptors (Lipinski definition) is 2. The van der Waals surface area contributed by atoms with Gasteiger partial charge in [0.25, 0.3) is 0 Å². The standard InChI is InChI=1S/C12H17N3/c1-3-15-11-7-5-4-6-10(11)14-12(15)8-9-13-2/h4-7,13H,3,8-9H2,1-2H3. The van der Waals surface area contributed by atoms with Gasteiger partial charge in [-0.2, -0.15) is 0 Å². The summed E-state index contributed by atoms with van der Waals surface area (Å²) in [7, 11) is 1.97. The number of rotatable bonds is 4. The van der Waals surface area contributed by atoms with Crippen LogP contribution >= 0.6 is 0 Å². The van der Waals surface area contributed by atoms with E-state index in [4.69, 9.17) is 0 Å². The Balaban J connectivity index is 2.44. The molecule has 1 heterocycles. The maximum absolute atomic E-state index is 4.64. The zero-order valence-electron chi connectivity index (χ0n) is 9.33. The highest BCUT2D eigenvalue weighted by Crippen LogP contribution is 2.15. The van der Waals surface area contributed by atoms with Crippen LogP contribution in [0.5, 0.6) is 0 Å². The van der Waals surface area contributed by atoms with Gasteiger partial charge in [0.2, 0.25) is 0 Å². The van der Waals surface area contributed by atoms with Gasteiger partial charge in [-0.1, -0.05) is 12.1 Å². The predicted molar refractivity (Wildman–Crippen MR) is 63.0 cm³/mol. The Labute approximate surface area is 90.1 Å². The summed E-state index contributed by atoms with van der Waals surface area (Å²) in [6.45, 7) is 4.12. The van der Waals surface area contributed by atoms with E-state index in [9.17, 15) is 0 Å². The monoisotopic (exact) mass is 203 g/mol. The molecular weight excluding hydrogens is 186 g/mol. The molecule has 0 aliphatic rings. The Bertz CT molecular complexity index is 445. The molecule has 0 aliphatic heterocycles.